The highest BCUT2D eigenvalue weighted by molar-refractivity contribution is 5.95. The summed E-state index contributed by atoms with van der Waals surface area (Å²) in [6.07, 6.45) is 3.32. The fraction of sp³-hybridized carbons (Fsp3) is 0.381. The highest BCUT2D eigenvalue weighted by Crippen LogP contribution is 2.64. The number of halogens is 2. The second kappa shape index (κ2) is 5.53. The van der Waals surface area contributed by atoms with E-state index in [4.69, 9.17) is 0 Å². The first-order chi connectivity index (χ1) is 12.6. The van der Waals surface area contributed by atoms with E-state index in [2.05, 4.69) is 5.32 Å². The molecule has 5 atom stereocenters. The number of nitrogens with one attached hydrogen (secondary N) is 1. The van der Waals surface area contributed by atoms with Gasteiger partial charge in [0.1, 0.15) is 0 Å². The molecule has 2 fully saturated rings. The molecule has 0 amide bonds. The SMILES string of the molecule is O=C(O)c1cccc2c1N[C@H](c1cccc(F)c1F)[C@@H]1[C@H]3CC[C@@H](C3)[C@@H]21. The summed E-state index contributed by atoms with van der Waals surface area (Å²) in [4.78, 5) is 11.7. The molecule has 2 aromatic rings. The van der Waals surface area contributed by atoms with E-state index in [1.165, 1.54) is 6.07 Å². The second-order valence-electron chi connectivity index (χ2n) is 7.78. The van der Waals surface area contributed by atoms with E-state index in [-0.39, 0.29) is 17.4 Å². The van der Waals surface area contributed by atoms with Crippen molar-refractivity contribution in [1.29, 1.82) is 0 Å². The van der Waals surface area contributed by atoms with Crippen LogP contribution in [0.4, 0.5) is 14.5 Å². The summed E-state index contributed by atoms with van der Waals surface area (Å²) in [6, 6.07) is 9.21. The van der Waals surface area contributed by atoms with Gasteiger partial charge in [0.2, 0.25) is 0 Å². The minimum Gasteiger partial charge on any atom is -0.478 e. The van der Waals surface area contributed by atoms with Crippen molar-refractivity contribution in [1.82, 2.24) is 0 Å². The number of para-hydroxylation sites is 1. The number of aromatic carboxylic acids is 1. The third-order valence-electron chi connectivity index (χ3n) is 6.67. The van der Waals surface area contributed by atoms with Gasteiger partial charge in [-0.3, -0.25) is 0 Å². The first kappa shape index (κ1) is 15.8. The minimum absolute atomic E-state index is 0.168. The summed E-state index contributed by atoms with van der Waals surface area (Å²) in [5.41, 5.74) is 2.10. The summed E-state index contributed by atoms with van der Waals surface area (Å²) >= 11 is 0. The summed E-state index contributed by atoms with van der Waals surface area (Å²) in [7, 11) is 0. The van der Waals surface area contributed by atoms with E-state index in [0.29, 0.717) is 23.1 Å². The molecule has 1 aliphatic heterocycles. The van der Waals surface area contributed by atoms with E-state index >= 15 is 0 Å². The Balaban J connectivity index is 1.71. The summed E-state index contributed by atoms with van der Waals surface area (Å²) in [5.74, 6) is -1.36. The smallest absolute Gasteiger partial charge is 0.337 e. The quantitative estimate of drug-likeness (QED) is 0.800. The van der Waals surface area contributed by atoms with Gasteiger partial charge in [-0.15, -0.1) is 0 Å². The molecule has 0 spiro atoms. The van der Waals surface area contributed by atoms with Crippen molar-refractivity contribution >= 4 is 11.7 Å². The highest BCUT2D eigenvalue weighted by Gasteiger charge is 2.54. The van der Waals surface area contributed by atoms with E-state index in [1.54, 1.807) is 18.2 Å². The largest absolute Gasteiger partial charge is 0.478 e. The molecule has 2 bridgehead atoms. The topological polar surface area (TPSA) is 49.3 Å². The molecule has 2 N–H and O–H groups in total. The Morgan fingerprint density at radius 2 is 1.77 bits per heavy atom. The number of hydrogen-bond acceptors (Lipinski definition) is 2. The van der Waals surface area contributed by atoms with Gasteiger partial charge in [0, 0.05) is 5.56 Å². The van der Waals surface area contributed by atoms with Gasteiger partial charge in [0.05, 0.1) is 17.3 Å². The van der Waals surface area contributed by atoms with Crippen LogP contribution in [0.25, 0.3) is 0 Å². The lowest BCUT2D eigenvalue weighted by molar-refractivity contribution is 0.0697. The Bertz CT molecular complexity index is 913. The van der Waals surface area contributed by atoms with E-state index in [1.807, 2.05) is 6.07 Å². The molecule has 1 heterocycles. The predicted octanol–water partition coefficient (Wildman–Crippen LogP) is 4.96. The van der Waals surface area contributed by atoms with E-state index < -0.39 is 23.6 Å². The maximum atomic E-state index is 14.6. The molecule has 0 aromatic heterocycles. The van der Waals surface area contributed by atoms with Crippen molar-refractivity contribution in [3.63, 3.8) is 0 Å². The Hall–Kier alpha value is -2.43. The fourth-order valence-electron chi connectivity index (χ4n) is 5.76. The molecule has 2 saturated carbocycles. The molecule has 26 heavy (non-hydrogen) atoms. The lowest BCUT2D eigenvalue weighted by Crippen LogP contribution is -2.36. The van der Waals surface area contributed by atoms with Gasteiger partial charge in [-0.2, -0.15) is 0 Å². The number of hydrogen-bond donors (Lipinski definition) is 2. The normalized spacial score (nSPS) is 31.2. The third kappa shape index (κ3) is 2.06. The van der Waals surface area contributed by atoms with Crippen LogP contribution in [0, 0.1) is 29.4 Å². The van der Waals surface area contributed by atoms with Crippen LogP contribution in [0.5, 0.6) is 0 Å². The van der Waals surface area contributed by atoms with Crippen LogP contribution in [-0.4, -0.2) is 11.1 Å². The maximum Gasteiger partial charge on any atom is 0.337 e. The number of benzene rings is 2. The number of carboxylic acids is 1. The van der Waals surface area contributed by atoms with Gasteiger partial charge in [-0.05, 0) is 60.6 Å². The van der Waals surface area contributed by atoms with Crippen LogP contribution >= 0.6 is 0 Å². The number of carbonyl (C=O) groups is 1. The molecule has 2 aliphatic carbocycles. The van der Waals surface area contributed by atoms with Crippen LogP contribution in [-0.2, 0) is 0 Å². The molecule has 0 saturated heterocycles. The van der Waals surface area contributed by atoms with Crippen molar-refractivity contribution in [3.8, 4) is 0 Å². The zero-order valence-corrected chi connectivity index (χ0v) is 14.1. The Morgan fingerprint density at radius 3 is 2.58 bits per heavy atom. The van der Waals surface area contributed by atoms with Crippen LogP contribution in [0.15, 0.2) is 36.4 Å². The molecule has 134 valence electrons. The molecule has 0 radical (unpaired) electrons. The lowest BCUT2D eigenvalue weighted by Gasteiger charge is -2.44. The molecule has 2 aromatic carbocycles. The minimum atomic E-state index is -1.01. The average molecular weight is 355 g/mol. The monoisotopic (exact) mass is 355 g/mol. The Kier molecular flexibility index (Phi) is 3.36. The zero-order valence-electron chi connectivity index (χ0n) is 14.1. The number of carboxylic acid groups (broad SMARTS) is 1. The molecule has 3 aliphatic rings. The van der Waals surface area contributed by atoms with Gasteiger partial charge < -0.3 is 10.4 Å². The van der Waals surface area contributed by atoms with Gasteiger partial charge in [-0.1, -0.05) is 24.3 Å². The first-order valence-electron chi connectivity index (χ1n) is 9.13. The van der Waals surface area contributed by atoms with Crippen molar-refractivity contribution < 1.29 is 18.7 Å². The van der Waals surface area contributed by atoms with Crippen molar-refractivity contribution in [2.75, 3.05) is 5.32 Å². The molecule has 5 heteroatoms. The van der Waals surface area contributed by atoms with Gasteiger partial charge in [-0.25, -0.2) is 13.6 Å². The average Bonchev–Trinajstić information content (AvgIpc) is 3.25. The molecule has 5 rings (SSSR count). The predicted molar refractivity (Wildman–Crippen MR) is 93.2 cm³/mol. The van der Waals surface area contributed by atoms with Crippen molar-refractivity contribution in [3.05, 3.63) is 64.7 Å². The summed E-state index contributed by atoms with van der Waals surface area (Å²) < 4.78 is 28.5. The standard InChI is InChI=1S/C21H19F2NO2/c22-15-6-2-4-13(18(15)23)20-17-11-8-7-10(9-11)16(17)12-3-1-5-14(21(25)26)19(12)24-20/h1-6,10-11,16-17,20,24H,7-9H2,(H,25,26)/t10-,11-,16-,17+,20+/m0/s1. The Morgan fingerprint density at radius 1 is 1.04 bits per heavy atom. The van der Waals surface area contributed by atoms with Gasteiger partial charge in [0.15, 0.2) is 11.6 Å². The fourth-order valence-corrected chi connectivity index (χ4v) is 5.76. The van der Waals surface area contributed by atoms with Gasteiger partial charge >= 0.3 is 5.97 Å². The Labute approximate surface area is 150 Å². The van der Waals surface area contributed by atoms with Crippen molar-refractivity contribution in [2.24, 2.45) is 17.8 Å². The third-order valence-corrected chi connectivity index (χ3v) is 6.67. The molecular weight excluding hydrogens is 336 g/mol. The number of rotatable bonds is 2. The summed E-state index contributed by atoms with van der Waals surface area (Å²) in [6.45, 7) is 0. The first-order valence-corrected chi connectivity index (χ1v) is 9.13. The van der Waals surface area contributed by atoms with Gasteiger partial charge in [0.25, 0.3) is 0 Å². The van der Waals surface area contributed by atoms with Crippen LogP contribution in [0.3, 0.4) is 0 Å². The van der Waals surface area contributed by atoms with Crippen LogP contribution in [0.2, 0.25) is 0 Å². The molecule has 0 unspecified atom stereocenters. The van der Waals surface area contributed by atoms with Crippen LogP contribution in [0.1, 0.15) is 52.7 Å². The van der Waals surface area contributed by atoms with Crippen LogP contribution < -0.4 is 5.32 Å². The van der Waals surface area contributed by atoms with E-state index in [0.717, 1.165) is 30.9 Å². The summed E-state index contributed by atoms with van der Waals surface area (Å²) in [5, 5.41) is 12.9. The maximum absolute atomic E-state index is 14.6. The van der Waals surface area contributed by atoms with Crippen molar-refractivity contribution in [2.45, 2.75) is 31.2 Å². The zero-order chi connectivity index (χ0) is 18.0. The number of fused-ring (bicyclic) bond motifs is 7. The van der Waals surface area contributed by atoms with E-state index in [9.17, 15) is 18.7 Å². The highest BCUT2D eigenvalue weighted by atomic mass is 19.2. The molecule has 3 nitrogen and oxygen atoms in total. The second-order valence-corrected chi connectivity index (χ2v) is 7.78. The lowest BCUT2D eigenvalue weighted by atomic mass is 9.67. The molecular formula is C21H19F2NO2. The number of anilines is 1.